The third-order valence-corrected chi connectivity index (χ3v) is 4.94. The summed E-state index contributed by atoms with van der Waals surface area (Å²) >= 11 is 0. The van der Waals surface area contributed by atoms with Crippen LogP contribution in [0.4, 0.5) is 0 Å². The van der Waals surface area contributed by atoms with E-state index in [0.717, 1.165) is 27.8 Å². The van der Waals surface area contributed by atoms with Gasteiger partial charge in [-0.3, -0.25) is 0 Å². The van der Waals surface area contributed by atoms with E-state index in [1.54, 1.807) is 4.68 Å². The maximum absolute atomic E-state index is 5.49. The van der Waals surface area contributed by atoms with E-state index in [4.69, 9.17) is 4.52 Å². The van der Waals surface area contributed by atoms with Crippen LogP contribution in [0.3, 0.4) is 0 Å². The molecule has 0 saturated carbocycles. The van der Waals surface area contributed by atoms with Gasteiger partial charge in [-0.2, -0.15) is 4.98 Å². The van der Waals surface area contributed by atoms with Crippen molar-refractivity contribution < 1.29 is 4.52 Å². The molecule has 0 bridgehead atoms. The SMILES string of the molecule is Cc1ccc(C)n1-c1ccc(-c2nc(-c3ccc4c(c3)nnn4C)no2)cc1. The summed E-state index contributed by atoms with van der Waals surface area (Å²) in [5.41, 5.74) is 6.99. The summed E-state index contributed by atoms with van der Waals surface area (Å²) in [4.78, 5) is 4.55. The molecule has 5 rings (SSSR count). The summed E-state index contributed by atoms with van der Waals surface area (Å²) in [5, 5.41) is 12.3. The largest absolute Gasteiger partial charge is 0.334 e. The Morgan fingerprint density at radius 3 is 2.32 bits per heavy atom. The predicted molar refractivity (Wildman–Crippen MR) is 106 cm³/mol. The van der Waals surface area contributed by atoms with Gasteiger partial charge in [-0.25, -0.2) is 4.68 Å². The highest BCUT2D eigenvalue weighted by molar-refractivity contribution is 5.80. The lowest BCUT2D eigenvalue weighted by atomic mass is 10.2. The number of fused-ring (bicyclic) bond motifs is 1. The molecule has 0 fully saturated rings. The van der Waals surface area contributed by atoms with Crippen LogP contribution in [0.15, 0.2) is 59.1 Å². The van der Waals surface area contributed by atoms with Crippen molar-refractivity contribution in [2.24, 2.45) is 7.05 Å². The Morgan fingerprint density at radius 1 is 0.857 bits per heavy atom. The van der Waals surface area contributed by atoms with Crippen molar-refractivity contribution in [3.8, 4) is 28.5 Å². The minimum absolute atomic E-state index is 0.488. The second-order valence-corrected chi connectivity index (χ2v) is 6.84. The van der Waals surface area contributed by atoms with Crippen LogP contribution >= 0.6 is 0 Å². The molecule has 138 valence electrons. The average Bonchev–Trinajstić information content (AvgIpc) is 3.42. The second kappa shape index (κ2) is 6.16. The molecule has 0 saturated heterocycles. The van der Waals surface area contributed by atoms with E-state index >= 15 is 0 Å². The molecule has 28 heavy (non-hydrogen) atoms. The van der Waals surface area contributed by atoms with Gasteiger partial charge < -0.3 is 9.09 Å². The molecule has 7 nitrogen and oxygen atoms in total. The summed E-state index contributed by atoms with van der Waals surface area (Å²) in [6.07, 6.45) is 0. The van der Waals surface area contributed by atoms with Gasteiger partial charge in [0.15, 0.2) is 0 Å². The number of rotatable bonds is 3. The molecule has 0 spiro atoms. The van der Waals surface area contributed by atoms with Gasteiger partial charge in [-0.1, -0.05) is 10.4 Å². The maximum Gasteiger partial charge on any atom is 0.258 e. The molecule has 0 amide bonds. The first-order valence-corrected chi connectivity index (χ1v) is 8.99. The summed E-state index contributed by atoms with van der Waals surface area (Å²) < 4.78 is 9.43. The molecule has 0 radical (unpaired) electrons. The summed E-state index contributed by atoms with van der Waals surface area (Å²) in [6.45, 7) is 4.19. The Kier molecular flexibility index (Phi) is 3.61. The molecule has 0 unspecified atom stereocenters. The first kappa shape index (κ1) is 16.4. The van der Waals surface area contributed by atoms with Crippen LogP contribution in [-0.4, -0.2) is 29.7 Å². The Labute approximate surface area is 161 Å². The lowest BCUT2D eigenvalue weighted by molar-refractivity contribution is 0.432. The van der Waals surface area contributed by atoms with E-state index in [1.165, 1.54) is 11.4 Å². The van der Waals surface area contributed by atoms with Crippen molar-refractivity contribution in [3.05, 3.63) is 66.0 Å². The molecule has 5 aromatic rings. The highest BCUT2D eigenvalue weighted by Crippen LogP contribution is 2.26. The molecular weight excluding hydrogens is 352 g/mol. The fourth-order valence-electron chi connectivity index (χ4n) is 3.47. The van der Waals surface area contributed by atoms with Crippen LogP contribution in [0.5, 0.6) is 0 Å². The Hall–Kier alpha value is -3.74. The zero-order valence-electron chi connectivity index (χ0n) is 15.8. The molecule has 0 atom stereocenters. The van der Waals surface area contributed by atoms with Crippen LogP contribution in [-0.2, 0) is 7.05 Å². The number of benzene rings is 2. The van der Waals surface area contributed by atoms with Crippen molar-refractivity contribution in [2.45, 2.75) is 13.8 Å². The lowest BCUT2D eigenvalue weighted by Crippen LogP contribution is -1.98. The van der Waals surface area contributed by atoms with E-state index in [0.29, 0.717) is 11.7 Å². The molecule has 0 aliphatic carbocycles. The Bertz CT molecular complexity index is 1270. The normalized spacial score (nSPS) is 11.4. The lowest BCUT2D eigenvalue weighted by Gasteiger charge is -2.09. The summed E-state index contributed by atoms with van der Waals surface area (Å²) in [6, 6.07) is 18.2. The minimum atomic E-state index is 0.488. The van der Waals surface area contributed by atoms with E-state index in [-0.39, 0.29) is 0 Å². The van der Waals surface area contributed by atoms with Gasteiger partial charge in [0.05, 0.1) is 5.52 Å². The van der Waals surface area contributed by atoms with Gasteiger partial charge in [-0.15, -0.1) is 5.10 Å². The molecule has 3 aromatic heterocycles. The summed E-state index contributed by atoms with van der Waals surface area (Å²) in [7, 11) is 1.86. The summed E-state index contributed by atoms with van der Waals surface area (Å²) in [5.74, 6) is 1.02. The van der Waals surface area contributed by atoms with Gasteiger partial charge in [-0.05, 0) is 68.4 Å². The fraction of sp³-hybridized carbons (Fsp3) is 0.143. The van der Waals surface area contributed by atoms with Gasteiger partial charge in [0.2, 0.25) is 5.82 Å². The molecule has 3 heterocycles. The van der Waals surface area contributed by atoms with Crippen molar-refractivity contribution in [2.75, 3.05) is 0 Å². The monoisotopic (exact) mass is 370 g/mol. The molecule has 0 N–H and O–H groups in total. The van der Waals surface area contributed by atoms with Crippen molar-refractivity contribution in [1.82, 2.24) is 29.7 Å². The third kappa shape index (κ3) is 2.60. The van der Waals surface area contributed by atoms with Crippen LogP contribution in [0, 0.1) is 13.8 Å². The number of aromatic nitrogens is 6. The number of nitrogens with zero attached hydrogens (tertiary/aromatic N) is 6. The van der Waals surface area contributed by atoms with Crippen molar-refractivity contribution in [3.63, 3.8) is 0 Å². The van der Waals surface area contributed by atoms with E-state index in [1.807, 2.05) is 37.4 Å². The third-order valence-electron chi connectivity index (χ3n) is 4.94. The van der Waals surface area contributed by atoms with Crippen molar-refractivity contribution in [1.29, 1.82) is 0 Å². The van der Waals surface area contributed by atoms with E-state index < -0.39 is 0 Å². The maximum atomic E-state index is 5.49. The highest BCUT2D eigenvalue weighted by atomic mass is 16.5. The number of aryl methyl sites for hydroxylation is 3. The second-order valence-electron chi connectivity index (χ2n) is 6.84. The Balaban J connectivity index is 1.47. The number of hydrogen-bond donors (Lipinski definition) is 0. The van der Waals surface area contributed by atoms with Gasteiger partial charge in [0.1, 0.15) is 5.52 Å². The standard InChI is InChI=1S/C21H18N6O/c1-13-4-5-14(2)27(13)17-9-6-15(7-10-17)21-22-20(24-28-21)16-8-11-19-18(12-16)23-25-26(19)3/h4-12H,1-3H3. The van der Waals surface area contributed by atoms with E-state index in [2.05, 4.69) is 63.1 Å². The van der Waals surface area contributed by atoms with Crippen molar-refractivity contribution >= 4 is 11.0 Å². The van der Waals surface area contributed by atoms with Crippen LogP contribution in [0.1, 0.15) is 11.4 Å². The molecule has 0 aliphatic heterocycles. The van der Waals surface area contributed by atoms with Crippen LogP contribution in [0.25, 0.3) is 39.6 Å². The molecule has 7 heteroatoms. The first-order valence-electron chi connectivity index (χ1n) is 8.99. The number of hydrogen-bond acceptors (Lipinski definition) is 5. The van der Waals surface area contributed by atoms with E-state index in [9.17, 15) is 0 Å². The highest BCUT2D eigenvalue weighted by Gasteiger charge is 2.13. The fourth-order valence-corrected chi connectivity index (χ4v) is 3.47. The Morgan fingerprint density at radius 2 is 1.57 bits per heavy atom. The molecular formula is C21H18N6O. The quantitative estimate of drug-likeness (QED) is 0.478. The van der Waals surface area contributed by atoms with Gasteiger partial charge in [0.25, 0.3) is 5.89 Å². The first-order chi connectivity index (χ1) is 13.6. The molecule has 0 aliphatic rings. The molecule has 2 aromatic carbocycles. The van der Waals surface area contributed by atoms with Crippen LogP contribution < -0.4 is 0 Å². The van der Waals surface area contributed by atoms with Crippen LogP contribution in [0.2, 0.25) is 0 Å². The predicted octanol–water partition coefficient (Wildman–Crippen LogP) is 4.09. The smallest absolute Gasteiger partial charge is 0.258 e. The van der Waals surface area contributed by atoms with Gasteiger partial charge in [0, 0.05) is 35.2 Å². The average molecular weight is 370 g/mol. The zero-order chi connectivity index (χ0) is 19.3. The van der Waals surface area contributed by atoms with Gasteiger partial charge >= 0.3 is 0 Å². The minimum Gasteiger partial charge on any atom is -0.334 e. The topological polar surface area (TPSA) is 74.6 Å². The zero-order valence-corrected chi connectivity index (χ0v) is 15.8.